The van der Waals surface area contributed by atoms with Gasteiger partial charge in [-0.15, -0.1) is 0 Å². The molecule has 2 heterocycles. The van der Waals surface area contributed by atoms with Crippen LogP contribution < -0.4 is 0 Å². The number of halogens is 1. The second kappa shape index (κ2) is 9.32. The smallest absolute Gasteiger partial charge is 0.226 e. The highest BCUT2D eigenvalue weighted by Crippen LogP contribution is 2.40. The minimum atomic E-state index is -0.176. The van der Waals surface area contributed by atoms with E-state index < -0.39 is 0 Å². The maximum atomic E-state index is 13.3. The summed E-state index contributed by atoms with van der Waals surface area (Å²) in [5.41, 5.74) is 2.15. The quantitative estimate of drug-likeness (QED) is 0.665. The number of benzene rings is 2. The number of nitrogens with zero attached hydrogens (tertiary/aromatic N) is 2. The Balaban J connectivity index is 1.20. The summed E-state index contributed by atoms with van der Waals surface area (Å²) in [7, 11) is 0. The van der Waals surface area contributed by atoms with Crippen LogP contribution in [0.5, 0.6) is 0 Å². The lowest BCUT2D eigenvalue weighted by Gasteiger charge is -2.48. The molecule has 2 aliphatic heterocycles. The molecular formula is C27H33FN2O2. The molecule has 32 heavy (non-hydrogen) atoms. The third-order valence-electron chi connectivity index (χ3n) is 7.46. The highest BCUT2D eigenvalue weighted by atomic mass is 19.1. The molecule has 2 saturated heterocycles. The lowest BCUT2D eigenvalue weighted by atomic mass is 9.81. The van der Waals surface area contributed by atoms with Crippen molar-refractivity contribution >= 4 is 5.91 Å². The van der Waals surface area contributed by atoms with Gasteiger partial charge in [0, 0.05) is 38.3 Å². The van der Waals surface area contributed by atoms with E-state index in [0.717, 1.165) is 57.5 Å². The number of carbonyl (C=O) groups is 1. The summed E-state index contributed by atoms with van der Waals surface area (Å²) in [6.07, 6.45) is 6.91. The topological polar surface area (TPSA) is 32.8 Å². The lowest BCUT2D eigenvalue weighted by Crippen LogP contribution is -2.54. The first-order chi connectivity index (χ1) is 15.6. The predicted molar refractivity (Wildman–Crippen MR) is 123 cm³/mol. The van der Waals surface area contributed by atoms with Gasteiger partial charge in [-0.2, -0.15) is 0 Å². The van der Waals surface area contributed by atoms with Crippen molar-refractivity contribution in [3.63, 3.8) is 0 Å². The van der Waals surface area contributed by atoms with Gasteiger partial charge in [-0.05, 0) is 61.8 Å². The van der Waals surface area contributed by atoms with Gasteiger partial charge < -0.3 is 9.64 Å². The SMILES string of the molecule is O=C(Cc1ccccc1)N1CCC2(CC1)CC(N(Cc1ccc(F)cc1)C1CC1)CCO2. The van der Waals surface area contributed by atoms with E-state index in [1.54, 1.807) is 12.1 Å². The summed E-state index contributed by atoms with van der Waals surface area (Å²) < 4.78 is 19.7. The van der Waals surface area contributed by atoms with E-state index in [9.17, 15) is 9.18 Å². The molecule has 4 nitrogen and oxygen atoms in total. The van der Waals surface area contributed by atoms with Crippen molar-refractivity contribution in [3.05, 3.63) is 71.5 Å². The molecule has 1 unspecified atom stereocenters. The normalized spacial score (nSPS) is 22.9. The fourth-order valence-corrected chi connectivity index (χ4v) is 5.44. The molecule has 1 spiro atoms. The molecule has 1 aliphatic carbocycles. The number of likely N-dealkylation sites (tertiary alicyclic amines) is 1. The second-order valence-electron chi connectivity index (χ2n) is 9.75. The van der Waals surface area contributed by atoms with E-state index in [0.29, 0.717) is 18.5 Å². The number of carbonyl (C=O) groups excluding carboxylic acids is 1. The first kappa shape index (κ1) is 21.6. The van der Waals surface area contributed by atoms with E-state index >= 15 is 0 Å². The van der Waals surface area contributed by atoms with Crippen LogP contribution in [0.25, 0.3) is 0 Å². The summed E-state index contributed by atoms with van der Waals surface area (Å²) in [4.78, 5) is 17.4. The van der Waals surface area contributed by atoms with Crippen LogP contribution in [0.1, 0.15) is 49.7 Å². The molecule has 0 bridgehead atoms. The molecular weight excluding hydrogens is 403 g/mol. The third kappa shape index (κ3) is 5.05. The van der Waals surface area contributed by atoms with Crippen LogP contribution in [-0.2, 0) is 22.5 Å². The molecule has 0 N–H and O–H groups in total. The molecule has 2 aromatic carbocycles. The number of piperidine rings is 1. The molecule has 1 amide bonds. The third-order valence-corrected chi connectivity index (χ3v) is 7.46. The molecule has 5 rings (SSSR count). The first-order valence-corrected chi connectivity index (χ1v) is 12.1. The van der Waals surface area contributed by atoms with Gasteiger partial charge in [0.2, 0.25) is 5.91 Å². The zero-order valence-electron chi connectivity index (χ0n) is 18.7. The molecule has 0 aromatic heterocycles. The monoisotopic (exact) mass is 436 g/mol. The maximum Gasteiger partial charge on any atom is 0.226 e. The Kier molecular flexibility index (Phi) is 6.29. The average molecular weight is 437 g/mol. The highest BCUT2D eigenvalue weighted by molar-refractivity contribution is 5.78. The molecule has 5 heteroatoms. The van der Waals surface area contributed by atoms with Crippen molar-refractivity contribution in [1.82, 2.24) is 9.80 Å². The summed E-state index contributed by atoms with van der Waals surface area (Å²) in [6, 6.07) is 18.1. The van der Waals surface area contributed by atoms with Crippen molar-refractivity contribution in [2.75, 3.05) is 19.7 Å². The summed E-state index contributed by atoms with van der Waals surface area (Å²) in [5, 5.41) is 0. The molecule has 170 valence electrons. The van der Waals surface area contributed by atoms with Gasteiger partial charge in [0.15, 0.2) is 0 Å². The van der Waals surface area contributed by atoms with E-state index in [1.165, 1.54) is 18.4 Å². The molecule has 1 atom stereocenters. The average Bonchev–Trinajstić information content (AvgIpc) is 3.65. The van der Waals surface area contributed by atoms with Crippen molar-refractivity contribution < 1.29 is 13.9 Å². The molecule has 3 aliphatic rings. The van der Waals surface area contributed by atoms with E-state index in [4.69, 9.17) is 4.74 Å². The zero-order valence-corrected chi connectivity index (χ0v) is 18.7. The Labute approximate surface area is 190 Å². The van der Waals surface area contributed by atoms with Crippen molar-refractivity contribution in [2.24, 2.45) is 0 Å². The van der Waals surface area contributed by atoms with Crippen LogP contribution >= 0.6 is 0 Å². The predicted octanol–water partition coefficient (Wildman–Crippen LogP) is 4.57. The van der Waals surface area contributed by atoms with Gasteiger partial charge in [0.1, 0.15) is 5.82 Å². The fourth-order valence-electron chi connectivity index (χ4n) is 5.44. The Morgan fingerprint density at radius 3 is 2.38 bits per heavy atom. The largest absolute Gasteiger partial charge is 0.375 e. The number of ether oxygens (including phenoxy) is 1. The van der Waals surface area contributed by atoms with Crippen LogP contribution in [0.4, 0.5) is 4.39 Å². The molecule has 1 saturated carbocycles. The minimum Gasteiger partial charge on any atom is -0.375 e. The van der Waals surface area contributed by atoms with Crippen LogP contribution in [0.2, 0.25) is 0 Å². The Hall–Kier alpha value is -2.24. The van der Waals surface area contributed by atoms with E-state index in [-0.39, 0.29) is 17.3 Å². The highest BCUT2D eigenvalue weighted by Gasteiger charge is 2.44. The molecule has 3 fully saturated rings. The maximum absolute atomic E-state index is 13.3. The standard InChI is InChI=1S/C27H33FN2O2/c28-23-8-6-22(7-9-23)20-30(24-10-11-24)25-12-17-32-27(19-25)13-15-29(16-14-27)26(31)18-21-4-2-1-3-5-21/h1-9,24-25H,10-20H2. The van der Waals surface area contributed by atoms with Gasteiger partial charge in [0.25, 0.3) is 0 Å². The number of amides is 1. The second-order valence-corrected chi connectivity index (χ2v) is 9.75. The Morgan fingerprint density at radius 1 is 0.969 bits per heavy atom. The minimum absolute atomic E-state index is 0.109. The van der Waals surface area contributed by atoms with E-state index in [1.807, 2.05) is 47.4 Å². The van der Waals surface area contributed by atoms with Gasteiger partial charge in [-0.1, -0.05) is 42.5 Å². The number of hydrogen-bond acceptors (Lipinski definition) is 3. The van der Waals surface area contributed by atoms with Gasteiger partial charge in [-0.3, -0.25) is 9.69 Å². The fraction of sp³-hybridized carbons (Fsp3) is 0.519. The zero-order chi connectivity index (χ0) is 22.0. The molecule has 0 radical (unpaired) electrons. The summed E-state index contributed by atoms with van der Waals surface area (Å²) >= 11 is 0. The lowest BCUT2D eigenvalue weighted by molar-refractivity contribution is -0.149. The summed E-state index contributed by atoms with van der Waals surface area (Å²) in [5.74, 6) is 0.0413. The number of rotatable bonds is 6. The van der Waals surface area contributed by atoms with Crippen molar-refractivity contribution in [2.45, 2.75) is 69.2 Å². The van der Waals surface area contributed by atoms with Gasteiger partial charge in [0.05, 0.1) is 12.0 Å². The van der Waals surface area contributed by atoms with Crippen molar-refractivity contribution in [1.29, 1.82) is 0 Å². The first-order valence-electron chi connectivity index (χ1n) is 12.1. The molecule has 2 aromatic rings. The van der Waals surface area contributed by atoms with Crippen LogP contribution in [0.15, 0.2) is 54.6 Å². The Bertz CT molecular complexity index is 905. The van der Waals surface area contributed by atoms with Crippen molar-refractivity contribution in [3.8, 4) is 0 Å². The van der Waals surface area contributed by atoms with Gasteiger partial charge in [-0.25, -0.2) is 4.39 Å². The summed E-state index contributed by atoms with van der Waals surface area (Å²) in [6.45, 7) is 3.22. The number of hydrogen-bond donors (Lipinski definition) is 0. The van der Waals surface area contributed by atoms with Crippen LogP contribution in [-0.4, -0.2) is 53.1 Å². The van der Waals surface area contributed by atoms with E-state index in [2.05, 4.69) is 4.90 Å². The Morgan fingerprint density at radius 2 is 1.69 bits per heavy atom. The van der Waals surface area contributed by atoms with Crippen LogP contribution in [0, 0.1) is 5.82 Å². The van der Waals surface area contributed by atoms with Crippen LogP contribution in [0.3, 0.4) is 0 Å². The van der Waals surface area contributed by atoms with Gasteiger partial charge >= 0.3 is 0 Å².